The molecule has 2 aromatic carbocycles. The normalized spacial score (nSPS) is 10.2. The lowest BCUT2D eigenvalue weighted by molar-refractivity contribution is 0.101. The van der Waals surface area contributed by atoms with Crippen LogP contribution in [-0.4, -0.2) is 21.8 Å². The van der Waals surface area contributed by atoms with Crippen LogP contribution < -0.4 is 10.6 Å². The minimum atomic E-state index is -0.442. The number of carbonyl (C=O) groups excluding carboxylic acids is 2. The number of hydrogen-bond donors (Lipinski definition) is 2. The van der Waals surface area contributed by atoms with E-state index in [1.807, 2.05) is 0 Å². The summed E-state index contributed by atoms with van der Waals surface area (Å²) in [5.74, 6) is -1.29. The first-order valence-corrected chi connectivity index (χ1v) is 7.78. The van der Waals surface area contributed by atoms with E-state index in [2.05, 4.69) is 20.6 Å². The Morgan fingerprint density at radius 1 is 0.885 bits per heavy atom. The van der Waals surface area contributed by atoms with Crippen molar-refractivity contribution in [3.05, 3.63) is 83.7 Å². The molecule has 3 rings (SSSR count). The highest BCUT2D eigenvalue weighted by Gasteiger charge is 2.11. The van der Waals surface area contributed by atoms with E-state index in [-0.39, 0.29) is 5.69 Å². The smallest absolute Gasteiger partial charge is 0.275 e. The first-order valence-electron chi connectivity index (χ1n) is 7.78. The number of carbonyl (C=O) groups is 2. The Bertz CT molecular complexity index is 958. The summed E-state index contributed by atoms with van der Waals surface area (Å²) in [6.07, 6.45) is 2.88. The van der Waals surface area contributed by atoms with Crippen LogP contribution >= 0.6 is 0 Å². The van der Waals surface area contributed by atoms with Crippen molar-refractivity contribution in [1.82, 2.24) is 9.97 Å². The van der Waals surface area contributed by atoms with Gasteiger partial charge >= 0.3 is 0 Å². The third-order valence-electron chi connectivity index (χ3n) is 3.48. The monoisotopic (exact) mass is 350 g/mol. The summed E-state index contributed by atoms with van der Waals surface area (Å²) in [6.45, 7) is 1.77. The predicted molar refractivity (Wildman–Crippen MR) is 95.5 cm³/mol. The summed E-state index contributed by atoms with van der Waals surface area (Å²) < 4.78 is 13.2. The molecular weight excluding hydrogens is 335 g/mol. The largest absolute Gasteiger partial charge is 0.322 e. The molecule has 2 N–H and O–H groups in total. The number of halogens is 1. The molecule has 0 aliphatic heterocycles. The van der Waals surface area contributed by atoms with Crippen LogP contribution in [0, 0.1) is 12.7 Å². The second-order valence-electron chi connectivity index (χ2n) is 5.54. The molecular formula is C19H15FN4O2. The van der Waals surface area contributed by atoms with Gasteiger partial charge in [0.25, 0.3) is 11.8 Å². The standard InChI is InChI=1S/C19H15FN4O2/c1-12-10-22-17(11-21-12)19(26)24-15-6-2-4-13(8-15)18(25)23-16-7-3-5-14(20)9-16/h2-11H,1H3,(H,23,25)(H,24,26). The van der Waals surface area contributed by atoms with Crippen molar-refractivity contribution in [3.8, 4) is 0 Å². The first kappa shape index (κ1) is 17.2. The van der Waals surface area contributed by atoms with E-state index in [1.54, 1.807) is 31.2 Å². The summed E-state index contributed by atoms with van der Waals surface area (Å²) in [5.41, 5.74) is 1.98. The van der Waals surface area contributed by atoms with Gasteiger partial charge in [0.05, 0.1) is 11.9 Å². The Hall–Kier alpha value is -3.61. The number of aryl methyl sites for hydroxylation is 1. The Kier molecular flexibility index (Phi) is 4.98. The molecule has 7 heteroatoms. The summed E-state index contributed by atoms with van der Waals surface area (Å²) >= 11 is 0. The number of rotatable bonds is 4. The van der Waals surface area contributed by atoms with E-state index >= 15 is 0 Å². The molecule has 26 heavy (non-hydrogen) atoms. The van der Waals surface area contributed by atoms with Crippen molar-refractivity contribution in [2.24, 2.45) is 0 Å². The molecule has 6 nitrogen and oxygen atoms in total. The van der Waals surface area contributed by atoms with Gasteiger partial charge in [-0.15, -0.1) is 0 Å². The van der Waals surface area contributed by atoms with Crippen LogP contribution in [0.5, 0.6) is 0 Å². The third kappa shape index (κ3) is 4.27. The predicted octanol–water partition coefficient (Wildman–Crippen LogP) is 3.43. The Labute approximate surface area is 149 Å². The van der Waals surface area contributed by atoms with Crippen LogP contribution in [0.1, 0.15) is 26.5 Å². The molecule has 1 aromatic heterocycles. The van der Waals surface area contributed by atoms with Crippen molar-refractivity contribution >= 4 is 23.2 Å². The molecule has 0 saturated carbocycles. The fourth-order valence-corrected chi connectivity index (χ4v) is 2.21. The quantitative estimate of drug-likeness (QED) is 0.755. The van der Waals surface area contributed by atoms with Crippen LogP contribution in [0.2, 0.25) is 0 Å². The van der Waals surface area contributed by atoms with Crippen LogP contribution in [0.15, 0.2) is 60.9 Å². The molecule has 0 radical (unpaired) electrons. The molecule has 0 fully saturated rings. The number of aromatic nitrogens is 2. The van der Waals surface area contributed by atoms with Crippen LogP contribution in [0.25, 0.3) is 0 Å². The van der Waals surface area contributed by atoms with Gasteiger partial charge in [0.15, 0.2) is 0 Å². The maximum Gasteiger partial charge on any atom is 0.275 e. The SMILES string of the molecule is Cc1cnc(C(=O)Nc2cccc(C(=O)Nc3cccc(F)c3)c2)cn1. The lowest BCUT2D eigenvalue weighted by Crippen LogP contribution is -2.16. The molecule has 2 amide bonds. The van der Waals surface area contributed by atoms with Gasteiger partial charge < -0.3 is 10.6 Å². The highest BCUT2D eigenvalue weighted by Crippen LogP contribution is 2.15. The zero-order valence-electron chi connectivity index (χ0n) is 13.9. The van der Waals surface area contributed by atoms with E-state index in [0.717, 1.165) is 0 Å². The molecule has 0 bridgehead atoms. The summed E-state index contributed by atoms with van der Waals surface area (Å²) in [5, 5.41) is 5.27. The third-order valence-corrected chi connectivity index (χ3v) is 3.48. The summed E-state index contributed by atoms with van der Waals surface area (Å²) in [7, 11) is 0. The van der Waals surface area contributed by atoms with Gasteiger partial charge in [0, 0.05) is 23.1 Å². The van der Waals surface area contributed by atoms with Gasteiger partial charge in [-0.2, -0.15) is 0 Å². The number of amides is 2. The highest BCUT2D eigenvalue weighted by molar-refractivity contribution is 6.06. The molecule has 0 aliphatic rings. The molecule has 0 unspecified atom stereocenters. The minimum absolute atomic E-state index is 0.171. The second-order valence-corrected chi connectivity index (χ2v) is 5.54. The number of anilines is 2. The van der Waals surface area contributed by atoms with E-state index in [0.29, 0.717) is 22.6 Å². The molecule has 130 valence electrons. The Morgan fingerprint density at radius 2 is 1.58 bits per heavy atom. The second kappa shape index (κ2) is 7.52. The fraction of sp³-hybridized carbons (Fsp3) is 0.0526. The van der Waals surface area contributed by atoms with Crippen molar-refractivity contribution < 1.29 is 14.0 Å². The maximum absolute atomic E-state index is 13.2. The first-order chi connectivity index (χ1) is 12.5. The number of nitrogens with one attached hydrogen (secondary N) is 2. The topological polar surface area (TPSA) is 84.0 Å². The van der Waals surface area contributed by atoms with Crippen molar-refractivity contribution in [3.63, 3.8) is 0 Å². The van der Waals surface area contributed by atoms with E-state index in [9.17, 15) is 14.0 Å². The summed E-state index contributed by atoms with van der Waals surface area (Å²) in [4.78, 5) is 32.5. The van der Waals surface area contributed by atoms with E-state index in [4.69, 9.17) is 0 Å². The molecule has 0 saturated heterocycles. The van der Waals surface area contributed by atoms with Gasteiger partial charge in [-0.25, -0.2) is 9.37 Å². The lowest BCUT2D eigenvalue weighted by Gasteiger charge is -2.08. The minimum Gasteiger partial charge on any atom is -0.322 e. The van der Waals surface area contributed by atoms with E-state index < -0.39 is 17.6 Å². The van der Waals surface area contributed by atoms with Crippen molar-refractivity contribution in [2.45, 2.75) is 6.92 Å². The van der Waals surface area contributed by atoms with Gasteiger partial charge in [0.1, 0.15) is 11.5 Å². The van der Waals surface area contributed by atoms with Crippen LogP contribution in [0.3, 0.4) is 0 Å². The molecule has 0 atom stereocenters. The summed E-state index contributed by atoms with van der Waals surface area (Å²) in [6, 6.07) is 12.0. The zero-order chi connectivity index (χ0) is 18.5. The fourth-order valence-electron chi connectivity index (χ4n) is 2.21. The number of benzene rings is 2. The van der Waals surface area contributed by atoms with E-state index in [1.165, 1.54) is 36.7 Å². The number of nitrogens with zero attached hydrogens (tertiary/aromatic N) is 2. The molecule has 0 aliphatic carbocycles. The lowest BCUT2D eigenvalue weighted by atomic mass is 10.1. The molecule has 3 aromatic rings. The van der Waals surface area contributed by atoms with Gasteiger partial charge in [0.2, 0.25) is 0 Å². The average molecular weight is 350 g/mol. The van der Waals surface area contributed by atoms with Gasteiger partial charge in [-0.1, -0.05) is 12.1 Å². The van der Waals surface area contributed by atoms with Crippen molar-refractivity contribution in [1.29, 1.82) is 0 Å². The highest BCUT2D eigenvalue weighted by atomic mass is 19.1. The number of hydrogen-bond acceptors (Lipinski definition) is 4. The van der Waals surface area contributed by atoms with Gasteiger partial charge in [-0.3, -0.25) is 14.6 Å². The Morgan fingerprint density at radius 3 is 2.27 bits per heavy atom. The Balaban J connectivity index is 1.72. The average Bonchev–Trinajstić information content (AvgIpc) is 2.62. The van der Waals surface area contributed by atoms with Crippen molar-refractivity contribution in [2.75, 3.05) is 10.6 Å². The van der Waals surface area contributed by atoms with Gasteiger partial charge in [-0.05, 0) is 43.3 Å². The zero-order valence-corrected chi connectivity index (χ0v) is 13.9. The molecule has 0 spiro atoms. The van der Waals surface area contributed by atoms with Crippen LogP contribution in [-0.2, 0) is 0 Å². The maximum atomic E-state index is 13.2. The van der Waals surface area contributed by atoms with Crippen LogP contribution in [0.4, 0.5) is 15.8 Å². The molecule has 1 heterocycles.